The van der Waals surface area contributed by atoms with Crippen molar-refractivity contribution in [2.75, 3.05) is 11.1 Å². The summed E-state index contributed by atoms with van der Waals surface area (Å²) >= 11 is 7.30. The molecule has 0 fully saturated rings. The molecule has 3 aromatic rings. The first kappa shape index (κ1) is 13.9. The Morgan fingerprint density at radius 1 is 1.38 bits per heavy atom. The Morgan fingerprint density at radius 3 is 2.95 bits per heavy atom. The van der Waals surface area contributed by atoms with Crippen LogP contribution in [0.3, 0.4) is 0 Å². The van der Waals surface area contributed by atoms with Gasteiger partial charge in [-0.2, -0.15) is 0 Å². The highest BCUT2D eigenvalue weighted by molar-refractivity contribution is 7.21. The van der Waals surface area contributed by atoms with E-state index < -0.39 is 0 Å². The van der Waals surface area contributed by atoms with Gasteiger partial charge in [0.2, 0.25) is 0 Å². The lowest BCUT2D eigenvalue weighted by molar-refractivity contribution is 0.103. The van der Waals surface area contributed by atoms with Crippen molar-refractivity contribution in [3.8, 4) is 0 Å². The van der Waals surface area contributed by atoms with Gasteiger partial charge in [-0.05, 0) is 37.3 Å². The average molecular weight is 318 g/mol. The van der Waals surface area contributed by atoms with Gasteiger partial charge in [0.05, 0.1) is 17.1 Å². The first-order valence-electron chi connectivity index (χ1n) is 6.27. The van der Waals surface area contributed by atoms with Crippen LogP contribution in [0, 0.1) is 6.92 Å². The zero-order chi connectivity index (χ0) is 15.0. The van der Waals surface area contributed by atoms with Crippen molar-refractivity contribution >= 4 is 50.3 Å². The van der Waals surface area contributed by atoms with Crippen LogP contribution in [0.2, 0.25) is 5.02 Å². The molecule has 2 heterocycles. The third-order valence-electron chi connectivity index (χ3n) is 3.15. The molecule has 1 amide bonds. The molecule has 0 atom stereocenters. The van der Waals surface area contributed by atoms with Crippen LogP contribution in [0.4, 0.5) is 11.4 Å². The molecule has 2 aromatic heterocycles. The van der Waals surface area contributed by atoms with Gasteiger partial charge in [0.25, 0.3) is 5.91 Å². The number of amides is 1. The van der Waals surface area contributed by atoms with E-state index in [0.717, 1.165) is 15.8 Å². The molecule has 106 valence electrons. The highest BCUT2D eigenvalue weighted by Gasteiger charge is 2.17. The first-order valence-corrected chi connectivity index (χ1v) is 7.46. The number of carbonyl (C=O) groups is 1. The molecule has 0 aliphatic rings. The Balaban J connectivity index is 1.98. The van der Waals surface area contributed by atoms with E-state index in [-0.39, 0.29) is 5.91 Å². The molecule has 6 heteroatoms. The molecule has 21 heavy (non-hydrogen) atoms. The molecule has 0 bridgehead atoms. The second kappa shape index (κ2) is 5.35. The van der Waals surface area contributed by atoms with Crippen molar-refractivity contribution in [1.82, 2.24) is 4.98 Å². The average Bonchev–Trinajstić information content (AvgIpc) is 2.78. The maximum Gasteiger partial charge on any atom is 0.267 e. The summed E-state index contributed by atoms with van der Waals surface area (Å²) in [6, 6.07) is 8.98. The monoisotopic (exact) mass is 317 g/mol. The molecule has 1 aromatic carbocycles. The second-order valence-electron chi connectivity index (χ2n) is 4.58. The number of hydrogen-bond acceptors (Lipinski definition) is 4. The van der Waals surface area contributed by atoms with Gasteiger partial charge in [0.1, 0.15) is 4.88 Å². The van der Waals surface area contributed by atoms with Gasteiger partial charge in [-0.15, -0.1) is 11.3 Å². The van der Waals surface area contributed by atoms with Crippen LogP contribution < -0.4 is 11.1 Å². The molecule has 3 rings (SSSR count). The van der Waals surface area contributed by atoms with E-state index in [9.17, 15) is 4.79 Å². The topological polar surface area (TPSA) is 68.0 Å². The Morgan fingerprint density at radius 2 is 2.19 bits per heavy atom. The van der Waals surface area contributed by atoms with Crippen LogP contribution in [0.25, 0.3) is 10.1 Å². The van der Waals surface area contributed by atoms with Gasteiger partial charge in [-0.25, -0.2) is 0 Å². The van der Waals surface area contributed by atoms with E-state index in [1.165, 1.54) is 11.3 Å². The number of rotatable bonds is 2. The summed E-state index contributed by atoms with van der Waals surface area (Å²) in [6.07, 6.45) is 1.68. The molecule has 0 radical (unpaired) electrons. The summed E-state index contributed by atoms with van der Waals surface area (Å²) in [5.74, 6) is -0.235. The highest BCUT2D eigenvalue weighted by Crippen LogP contribution is 2.35. The summed E-state index contributed by atoms with van der Waals surface area (Å²) in [5, 5.41) is 4.31. The number of carbonyl (C=O) groups excluding carboxylic acids is 1. The van der Waals surface area contributed by atoms with Crippen LogP contribution in [0.1, 0.15) is 15.4 Å². The largest absolute Gasteiger partial charge is 0.397 e. The number of thiophene rings is 1. The Bertz CT molecular complexity index is 844. The number of nitrogens with zero attached hydrogens (tertiary/aromatic N) is 1. The van der Waals surface area contributed by atoms with E-state index in [4.69, 9.17) is 17.3 Å². The van der Waals surface area contributed by atoms with Gasteiger partial charge in [-0.1, -0.05) is 11.6 Å². The maximum atomic E-state index is 12.4. The highest BCUT2D eigenvalue weighted by atomic mass is 35.5. The number of aromatic nitrogens is 1. The number of aryl methyl sites for hydroxylation is 1. The summed E-state index contributed by atoms with van der Waals surface area (Å²) in [4.78, 5) is 17.0. The van der Waals surface area contributed by atoms with Crippen molar-refractivity contribution < 1.29 is 4.79 Å². The van der Waals surface area contributed by atoms with Crippen molar-refractivity contribution in [1.29, 1.82) is 0 Å². The lowest BCUT2D eigenvalue weighted by Crippen LogP contribution is -2.13. The molecule has 4 nitrogen and oxygen atoms in total. The number of fused-ring (bicyclic) bond motifs is 1. The van der Waals surface area contributed by atoms with Crippen molar-refractivity contribution in [3.63, 3.8) is 0 Å². The molecule has 0 aliphatic carbocycles. The summed E-state index contributed by atoms with van der Waals surface area (Å²) in [7, 11) is 0. The maximum absolute atomic E-state index is 12.4. The number of nitrogens with two attached hydrogens (primary N) is 1. The Hall–Kier alpha value is -2.11. The standard InChI is InChI=1S/C15H12ClN3OS/c1-8-11(3-2-6-18-8)19-15(20)14-13(17)10-5-4-9(16)7-12(10)21-14/h2-7H,17H2,1H3,(H,19,20). The zero-order valence-corrected chi connectivity index (χ0v) is 12.8. The van der Waals surface area contributed by atoms with Gasteiger partial charge in [0, 0.05) is 21.3 Å². The van der Waals surface area contributed by atoms with E-state index >= 15 is 0 Å². The molecular weight excluding hydrogens is 306 g/mol. The third-order valence-corrected chi connectivity index (χ3v) is 4.55. The minimum absolute atomic E-state index is 0.235. The second-order valence-corrected chi connectivity index (χ2v) is 6.06. The first-order chi connectivity index (χ1) is 10.1. The molecule has 0 saturated heterocycles. The lowest BCUT2D eigenvalue weighted by atomic mass is 10.2. The minimum Gasteiger partial charge on any atom is -0.397 e. The van der Waals surface area contributed by atoms with Crippen LogP contribution in [-0.2, 0) is 0 Å². The number of nitrogens with one attached hydrogen (secondary N) is 1. The number of benzene rings is 1. The van der Waals surface area contributed by atoms with Crippen molar-refractivity contribution in [3.05, 3.63) is 52.1 Å². The van der Waals surface area contributed by atoms with Gasteiger partial charge in [-0.3, -0.25) is 9.78 Å². The predicted molar refractivity (Wildman–Crippen MR) is 88.2 cm³/mol. The molecule has 0 spiro atoms. The fourth-order valence-corrected chi connectivity index (χ4v) is 3.35. The third kappa shape index (κ3) is 2.57. The van der Waals surface area contributed by atoms with Crippen molar-refractivity contribution in [2.24, 2.45) is 0 Å². The summed E-state index contributed by atoms with van der Waals surface area (Å²) < 4.78 is 0.896. The SMILES string of the molecule is Cc1ncccc1NC(=O)c1sc2cc(Cl)ccc2c1N. The number of anilines is 2. The molecule has 3 N–H and O–H groups in total. The van der Waals surface area contributed by atoms with E-state index in [2.05, 4.69) is 10.3 Å². The molecular formula is C15H12ClN3OS. The number of halogens is 1. The van der Waals surface area contributed by atoms with E-state index in [1.807, 2.05) is 19.1 Å². The van der Waals surface area contributed by atoms with Crippen LogP contribution in [-0.4, -0.2) is 10.9 Å². The Kier molecular flexibility index (Phi) is 3.53. The fraction of sp³-hybridized carbons (Fsp3) is 0.0667. The Labute approximate surface area is 130 Å². The quantitative estimate of drug-likeness (QED) is 0.748. The van der Waals surface area contributed by atoms with E-state index in [1.54, 1.807) is 24.4 Å². The van der Waals surface area contributed by atoms with Gasteiger partial charge in [0.15, 0.2) is 0 Å². The smallest absolute Gasteiger partial charge is 0.267 e. The molecule has 0 aliphatic heterocycles. The molecule has 0 unspecified atom stereocenters. The number of hydrogen-bond donors (Lipinski definition) is 2. The van der Waals surface area contributed by atoms with Crippen LogP contribution in [0.5, 0.6) is 0 Å². The zero-order valence-electron chi connectivity index (χ0n) is 11.2. The van der Waals surface area contributed by atoms with Crippen LogP contribution in [0.15, 0.2) is 36.5 Å². The molecule has 0 saturated carbocycles. The minimum atomic E-state index is -0.235. The van der Waals surface area contributed by atoms with Gasteiger partial charge < -0.3 is 11.1 Å². The summed E-state index contributed by atoms with van der Waals surface area (Å²) in [6.45, 7) is 1.84. The lowest BCUT2D eigenvalue weighted by Gasteiger charge is -2.06. The summed E-state index contributed by atoms with van der Waals surface area (Å²) in [5.41, 5.74) is 7.99. The normalized spacial score (nSPS) is 10.8. The van der Waals surface area contributed by atoms with Gasteiger partial charge >= 0.3 is 0 Å². The fourth-order valence-electron chi connectivity index (χ4n) is 2.05. The number of nitrogen functional groups attached to an aromatic ring is 1. The number of pyridine rings is 1. The van der Waals surface area contributed by atoms with Crippen molar-refractivity contribution in [2.45, 2.75) is 6.92 Å². The van der Waals surface area contributed by atoms with E-state index in [0.29, 0.717) is 21.3 Å². The predicted octanol–water partition coefficient (Wildman–Crippen LogP) is 4.09. The van der Waals surface area contributed by atoms with Crippen LogP contribution >= 0.6 is 22.9 Å².